The fourth-order valence-corrected chi connectivity index (χ4v) is 1.61. The number of rotatable bonds is 13. The van der Waals surface area contributed by atoms with Crippen LogP contribution in [0.1, 0.15) is 33.1 Å². The molecule has 7 nitrogen and oxygen atoms in total. The summed E-state index contributed by atoms with van der Waals surface area (Å²) in [5.74, 6) is 0.604. The quantitative estimate of drug-likeness (QED) is 0.228. The maximum Gasteiger partial charge on any atom is 0.305 e. The van der Waals surface area contributed by atoms with Crippen LogP contribution in [-0.4, -0.2) is 65.1 Å². The number of nitrogens with one attached hydrogen (secondary N) is 2. The van der Waals surface area contributed by atoms with Crippen LogP contribution in [0.2, 0.25) is 0 Å². The molecule has 0 radical (unpaired) electrons. The predicted octanol–water partition coefficient (Wildman–Crippen LogP) is 0.938. The second-order valence-corrected chi connectivity index (χ2v) is 4.55. The van der Waals surface area contributed by atoms with E-state index in [4.69, 9.17) is 14.2 Å². The van der Waals surface area contributed by atoms with E-state index in [0.29, 0.717) is 45.8 Å². The molecule has 0 aromatic heterocycles. The van der Waals surface area contributed by atoms with Gasteiger partial charge in [0.25, 0.3) is 0 Å². The average molecular weight is 317 g/mol. The molecule has 7 heteroatoms. The number of hydrogen-bond donors (Lipinski definition) is 2. The number of nitrogens with zero attached hydrogens (tertiary/aromatic N) is 1. The molecule has 0 unspecified atom stereocenters. The summed E-state index contributed by atoms with van der Waals surface area (Å²) in [6, 6.07) is 0. The summed E-state index contributed by atoms with van der Waals surface area (Å²) >= 11 is 0. The molecule has 0 aliphatic carbocycles. The molecule has 0 atom stereocenters. The van der Waals surface area contributed by atoms with Gasteiger partial charge in [0.2, 0.25) is 0 Å². The number of ether oxygens (including phenoxy) is 3. The second kappa shape index (κ2) is 16.0. The Morgan fingerprint density at radius 1 is 1.09 bits per heavy atom. The van der Waals surface area contributed by atoms with Crippen LogP contribution in [-0.2, 0) is 19.0 Å². The topological polar surface area (TPSA) is 81.2 Å². The number of aliphatic imine (C=N–C) groups is 1. The first-order valence-electron chi connectivity index (χ1n) is 7.99. The maximum absolute atomic E-state index is 11.2. The van der Waals surface area contributed by atoms with Crippen molar-refractivity contribution in [2.45, 2.75) is 33.1 Å². The number of carbonyl (C=O) groups is 1. The van der Waals surface area contributed by atoms with Gasteiger partial charge < -0.3 is 24.8 Å². The zero-order valence-electron chi connectivity index (χ0n) is 14.2. The minimum absolute atomic E-state index is 0.163. The number of carbonyl (C=O) groups excluding carboxylic acids is 1. The van der Waals surface area contributed by atoms with Crippen molar-refractivity contribution in [1.82, 2.24) is 10.6 Å². The average Bonchev–Trinajstić information content (AvgIpc) is 2.50. The maximum atomic E-state index is 11.2. The highest BCUT2D eigenvalue weighted by Crippen LogP contribution is 1.93. The van der Waals surface area contributed by atoms with Gasteiger partial charge in [0.15, 0.2) is 5.96 Å². The van der Waals surface area contributed by atoms with Crippen LogP contribution in [0.25, 0.3) is 0 Å². The van der Waals surface area contributed by atoms with Gasteiger partial charge in [-0.3, -0.25) is 9.79 Å². The molecule has 0 bridgehead atoms. The lowest BCUT2D eigenvalue weighted by molar-refractivity contribution is -0.143. The van der Waals surface area contributed by atoms with Gasteiger partial charge in [-0.15, -0.1) is 0 Å². The predicted molar refractivity (Wildman–Crippen MR) is 87.2 cm³/mol. The van der Waals surface area contributed by atoms with E-state index in [9.17, 15) is 4.79 Å². The fraction of sp³-hybridized carbons (Fsp3) is 0.867. The minimum Gasteiger partial charge on any atom is -0.466 e. The van der Waals surface area contributed by atoms with Crippen LogP contribution < -0.4 is 10.6 Å². The molecule has 0 amide bonds. The highest BCUT2D eigenvalue weighted by Gasteiger charge is 2.01. The van der Waals surface area contributed by atoms with Crippen LogP contribution in [0.3, 0.4) is 0 Å². The van der Waals surface area contributed by atoms with E-state index in [-0.39, 0.29) is 5.97 Å². The third-order valence-electron chi connectivity index (χ3n) is 2.65. The fourth-order valence-electron chi connectivity index (χ4n) is 1.61. The second-order valence-electron chi connectivity index (χ2n) is 4.55. The Balaban J connectivity index is 3.74. The summed E-state index contributed by atoms with van der Waals surface area (Å²) in [5.41, 5.74) is 0. The Morgan fingerprint density at radius 2 is 1.91 bits per heavy atom. The van der Waals surface area contributed by atoms with E-state index in [2.05, 4.69) is 15.6 Å². The highest BCUT2D eigenvalue weighted by atomic mass is 16.5. The molecular weight excluding hydrogens is 286 g/mol. The first kappa shape index (κ1) is 20.7. The van der Waals surface area contributed by atoms with Crippen LogP contribution >= 0.6 is 0 Å². The monoisotopic (exact) mass is 317 g/mol. The number of hydrogen-bond acceptors (Lipinski definition) is 5. The summed E-state index contributed by atoms with van der Waals surface area (Å²) in [4.78, 5) is 15.6. The molecule has 130 valence electrons. The molecule has 0 aliphatic rings. The normalized spacial score (nSPS) is 11.3. The Labute approximate surface area is 133 Å². The van der Waals surface area contributed by atoms with E-state index < -0.39 is 0 Å². The molecule has 0 saturated heterocycles. The van der Waals surface area contributed by atoms with Gasteiger partial charge >= 0.3 is 5.97 Å². The van der Waals surface area contributed by atoms with Crippen molar-refractivity contribution < 1.29 is 19.0 Å². The Hall–Kier alpha value is -1.34. The Bertz CT molecular complexity index is 299. The lowest BCUT2D eigenvalue weighted by Crippen LogP contribution is -2.38. The van der Waals surface area contributed by atoms with Crippen molar-refractivity contribution >= 4 is 11.9 Å². The first-order chi connectivity index (χ1) is 10.7. The molecule has 0 spiro atoms. The zero-order valence-corrected chi connectivity index (χ0v) is 14.2. The van der Waals surface area contributed by atoms with Crippen molar-refractivity contribution in [2.75, 3.05) is 53.2 Å². The van der Waals surface area contributed by atoms with Crippen LogP contribution in [0.5, 0.6) is 0 Å². The molecule has 0 rings (SSSR count). The van der Waals surface area contributed by atoms with E-state index >= 15 is 0 Å². The van der Waals surface area contributed by atoms with Gasteiger partial charge in [0.05, 0.1) is 19.8 Å². The molecular formula is C15H31N3O4. The van der Waals surface area contributed by atoms with E-state index in [1.54, 1.807) is 7.11 Å². The van der Waals surface area contributed by atoms with Crippen LogP contribution in [0.4, 0.5) is 0 Å². The van der Waals surface area contributed by atoms with Crippen molar-refractivity contribution in [3.63, 3.8) is 0 Å². The molecule has 2 N–H and O–H groups in total. The summed E-state index contributed by atoms with van der Waals surface area (Å²) in [6.07, 6.45) is 2.00. The number of esters is 1. The largest absolute Gasteiger partial charge is 0.466 e. The van der Waals surface area contributed by atoms with Gasteiger partial charge in [0, 0.05) is 39.8 Å². The van der Waals surface area contributed by atoms with Gasteiger partial charge in [-0.25, -0.2) is 0 Å². The van der Waals surface area contributed by atoms with Crippen molar-refractivity contribution in [3.8, 4) is 0 Å². The lowest BCUT2D eigenvalue weighted by Gasteiger charge is -2.11. The summed E-state index contributed by atoms with van der Waals surface area (Å²) in [7, 11) is 1.66. The third kappa shape index (κ3) is 13.6. The molecule has 0 saturated carbocycles. The van der Waals surface area contributed by atoms with Crippen molar-refractivity contribution in [2.24, 2.45) is 4.99 Å². The molecule has 0 heterocycles. The number of methoxy groups -OCH3 is 1. The molecule has 22 heavy (non-hydrogen) atoms. The van der Waals surface area contributed by atoms with Gasteiger partial charge in [0.1, 0.15) is 0 Å². The molecule has 0 aromatic carbocycles. The summed E-state index contributed by atoms with van der Waals surface area (Å²) < 4.78 is 15.2. The SMILES string of the molecule is CCNC(=NCCCC(=O)OCC)NCCCOCCOC. The Morgan fingerprint density at radius 3 is 2.59 bits per heavy atom. The van der Waals surface area contributed by atoms with Crippen molar-refractivity contribution in [3.05, 3.63) is 0 Å². The Kier molecular flexibility index (Phi) is 15.1. The molecule has 0 aromatic rings. The number of guanidine groups is 1. The van der Waals surface area contributed by atoms with Crippen LogP contribution in [0, 0.1) is 0 Å². The van der Waals surface area contributed by atoms with E-state index in [1.165, 1.54) is 0 Å². The van der Waals surface area contributed by atoms with Gasteiger partial charge in [-0.1, -0.05) is 0 Å². The van der Waals surface area contributed by atoms with Crippen molar-refractivity contribution in [1.29, 1.82) is 0 Å². The standard InChI is InChI=1S/C15H31N3O4/c1-4-16-15(17-9-6-8-14(19)22-5-2)18-10-7-11-21-13-12-20-3/h4-13H2,1-3H3,(H2,16,17,18). The molecule has 0 fully saturated rings. The van der Waals surface area contributed by atoms with E-state index in [0.717, 1.165) is 25.5 Å². The molecule has 0 aliphatic heterocycles. The van der Waals surface area contributed by atoms with Gasteiger partial charge in [-0.05, 0) is 26.7 Å². The lowest BCUT2D eigenvalue weighted by atomic mass is 10.3. The van der Waals surface area contributed by atoms with Crippen LogP contribution in [0.15, 0.2) is 4.99 Å². The summed E-state index contributed by atoms with van der Waals surface area (Å²) in [5, 5.41) is 6.41. The van der Waals surface area contributed by atoms with Gasteiger partial charge in [-0.2, -0.15) is 0 Å². The summed E-state index contributed by atoms with van der Waals surface area (Å²) in [6.45, 7) is 8.38. The van der Waals surface area contributed by atoms with E-state index in [1.807, 2.05) is 13.8 Å². The minimum atomic E-state index is -0.163. The third-order valence-corrected chi connectivity index (χ3v) is 2.65. The smallest absolute Gasteiger partial charge is 0.305 e. The first-order valence-corrected chi connectivity index (χ1v) is 7.99. The zero-order chi connectivity index (χ0) is 16.5. The highest BCUT2D eigenvalue weighted by molar-refractivity contribution is 5.79.